The van der Waals surface area contributed by atoms with Gasteiger partial charge in [0.05, 0.1) is 23.6 Å². The highest BCUT2D eigenvalue weighted by molar-refractivity contribution is 5.90. The number of hydrogen-bond acceptors (Lipinski definition) is 8. The number of amides is 1. The zero-order chi connectivity index (χ0) is 24.4. The smallest absolute Gasteiger partial charge is 0.293 e. The number of hydrogen-bond donors (Lipinski definition) is 3. The second kappa shape index (κ2) is 9.28. The van der Waals surface area contributed by atoms with Crippen molar-refractivity contribution in [2.75, 3.05) is 5.32 Å². The Morgan fingerprint density at radius 1 is 1.17 bits per heavy atom. The molecule has 0 spiro atoms. The summed E-state index contributed by atoms with van der Waals surface area (Å²) in [5.74, 6) is 0.687. The Balaban J connectivity index is 1.37. The van der Waals surface area contributed by atoms with Gasteiger partial charge in [0.25, 0.3) is 11.7 Å². The molecular formula is C25H28N8O2. The van der Waals surface area contributed by atoms with Gasteiger partial charge in [0.15, 0.2) is 0 Å². The lowest BCUT2D eigenvalue weighted by Gasteiger charge is -2.19. The van der Waals surface area contributed by atoms with Crippen molar-refractivity contribution in [1.29, 1.82) is 0 Å². The van der Waals surface area contributed by atoms with Crippen LogP contribution < -0.4 is 10.6 Å². The van der Waals surface area contributed by atoms with Gasteiger partial charge < -0.3 is 15.2 Å². The molecule has 1 aliphatic rings. The first-order valence-corrected chi connectivity index (χ1v) is 11.7. The maximum absolute atomic E-state index is 12.9. The highest BCUT2D eigenvalue weighted by atomic mass is 16.5. The monoisotopic (exact) mass is 472 g/mol. The molecule has 35 heavy (non-hydrogen) atoms. The van der Waals surface area contributed by atoms with Gasteiger partial charge in [-0.1, -0.05) is 44.5 Å². The Morgan fingerprint density at radius 2 is 2.06 bits per heavy atom. The summed E-state index contributed by atoms with van der Waals surface area (Å²) in [4.78, 5) is 26.2. The summed E-state index contributed by atoms with van der Waals surface area (Å²) in [6.45, 7) is 5.90. The Morgan fingerprint density at radius 3 is 2.83 bits per heavy atom. The molecule has 10 nitrogen and oxygen atoms in total. The van der Waals surface area contributed by atoms with Crippen LogP contribution in [0.4, 0.5) is 11.6 Å². The molecule has 1 aromatic carbocycles. The van der Waals surface area contributed by atoms with E-state index in [1.165, 1.54) is 5.56 Å². The first kappa shape index (κ1) is 22.7. The molecule has 3 heterocycles. The summed E-state index contributed by atoms with van der Waals surface area (Å²) < 4.78 is 5.30. The van der Waals surface area contributed by atoms with Gasteiger partial charge in [-0.15, -0.1) is 0 Å². The lowest BCUT2D eigenvalue weighted by atomic mass is 9.95. The van der Waals surface area contributed by atoms with E-state index in [0.29, 0.717) is 11.8 Å². The minimum atomic E-state index is -0.322. The van der Waals surface area contributed by atoms with Crippen molar-refractivity contribution >= 4 is 17.5 Å². The predicted octanol–water partition coefficient (Wildman–Crippen LogP) is 4.49. The van der Waals surface area contributed by atoms with Gasteiger partial charge in [-0.25, -0.2) is 9.97 Å². The van der Waals surface area contributed by atoms with Crippen molar-refractivity contribution in [1.82, 2.24) is 35.6 Å². The second-order valence-electron chi connectivity index (χ2n) is 9.74. The minimum Gasteiger partial charge on any atom is -0.342 e. The van der Waals surface area contributed by atoms with Crippen molar-refractivity contribution in [3.05, 3.63) is 65.7 Å². The molecule has 0 bridgehead atoms. The number of aromatic amines is 1. The molecule has 4 aromatic rings. The third-order valence-corrected chi connectivity index (χ3v) is 5.99. The molecule has 0 saturated carbocycles. The molecule has 3 aromatic heterocycles. The molecule has 0 saturated heterocycles. The molecule has 10 heteroatoms. The van der Waals surface area contributed by atoms with Gasteiger partial charge in [0.1, 0.15) is 0 Å². The van der Waals surface area contributed by atoms with E-state index in [9.17, 15) is 4.79 Å². The van der Waals surface area contributed by atoms with Gasteiger partial charge in [-0.05, 0) is 42.5 Å². The van der Waals surface area contributed by atoms with Crippen molar-refractivity contribution in [3.8, 4) is 11.3 Å². The number of H-pyrrole nitrogens is 1. The average molecular weight is 473 g/mol. The Hall–Kier alpha value is -4.08. The number of nitrogens with one attached hydrogen (secondary N) is 3. The van der Waals surface area contributed by atoms with Gasteiger partial charge in [0.2, 0.25) is 11.8 Å². The molecule has 0 fully saturated rings. The fraction of sp³-hybridized carbons (Fsp3) is 0.360. The van der Waals surface area contributed by atoms with E-state index < -0.39 is 0 Å². The number of aromatic nitrogens is 6. The highest BCUT2D eigenvalue weighted by Gasteiger charge is 2.27. The fourth-order valence-electron chi connectivity index (χ4n) is 4.16. The van der Waals surface area contributed by atoms with Crippen LogP contribution in [-0.2, 0) is 11.8 Å². The molecule has 1 amide bonds. The predicted molar refractivity (Wildman–Crippen MR) is 130 cm³/mol. The molecule has 3 N–H and O–H groups in total. The van der Waals surface area contributed by atoms with E-state index in [2.05, 4.69) is 53.1 Å². The molecule has 5 rings (SSSR count). The molecule has 1 aliphatic carbocycles. The fourth-order valence-corrected chi connectivity index (χ4v) is 4.16. The number of carbonyl (C=O) groups excluding carboxylic acids is 1. The van der Waals surface area contributed by atoms with Crippen LogP contribution in [0.1, 0.15) is 73.7 Å². The largest absolute Gasteiger partial charge is 0.342 e. The number of nitrogens with zero attached hydrogens (tertiary/aromatic N) is 5. The Bertz CT molecular complexity index is 1320. The molecule has 0 aliphatic heterocycles. The number of benzene rings is 1. The molecule has 0 unspecified atom stereocenters. The molecular weight excluding hydrogens is 444 g/mol. The Labute approximate surface area is 203 Å². The van der Waals surface area contributed by atoms with Crippen LogP contribution in [0.25, 0.3) is 11.3 Å². The van der Waals surface area contributed by atoms with Crippen LogP contribution in [0.15, 0.2) is 47.4 Å². The van der Waals surface area contributed by atoms with E-state index in [1.54, 1.807) is 18.6 Å². The zero-order valence-corrected chi connectivity index (χ0v) is 20.0. The maximum atomic E-state index is 12.9. The first-order chi connectivity index (χ1) is 16.9. The number of rotatable bonds is 5. The van der Waals surface area contributed by atoms with E-state index in [4.69, 9.17) is 4.52 Å². The standard InChI is InChI=1S/C25H28N8O2/c1-25(2,3)23-32-21(33-35-23)22(34)30-20-7-5-4-6-15-12-16(8-9-18(15)20)19-10-11-26-24(31-19)29-17-13-27-28-14-17/h8-14,20H,4-7H2,1-3H3,(H,27,28)(H,30,34)(H,26,29,31)/t20-/m0/s1. The van der Waals surface area contributed by atoms with Crippen LogP contribution >= 0.6 is 0 Å². The zero-order valence-electron chi connectivity index (χ0n) is 20.0. The summed E-state index contributed by atoms with van der Waals surface area (Å²) in [6.07, 6.45) is 9.01. The summed E-state index contributed by atoms with van der Waals surface area (Å²) in [5.41, 5.74) is 4.62. The third kappa shape index (κ3) is 5.06. The van der Waals surface area contributed by atoms with Gasteiger partial charge >= 0.3 is 0 Å². The number of anilines is 2. The average Bonchev–Trinajstić information content (AvgIpc) is 3.50. The van der Waals surface area contributed by atoms with Crippen LogP contribution in [0.2, 0.25) is 0 Å². The third-order valence-electron chi connectivity index (χ3n) is 5.99. The quantitative estimate of drug-likeness (QED) is 0.362. The van der Waals surface area contributed by atoms with E-state index in [-0.39, 0.29) is 23.2 Å². The van der Waals surface area contributed by atoms with Crippen molar-refractivity contribution in [2.24, 2.45) is 0 Å². The van der Waals surface area contributed by atoms with E-state index in [1.807, 2.05) is 32.9 Å². The highest BCUT2D eigenvalue weighted by Crippen LogP contribution is 2.32. The van der Waals surface area contributed by atoms with Gasteiger partial charge in [-0.2, -0.15) is 10.1 Å². The second-order valence-corrected chi connectivity index (χ2v) is 9.74. The van der Waals surface area contributed by atoms with Crippen molar-refractivity contribution in [2.45, 2.75) is 57.9 Å². The van der Waals surface area contributed by atoms with Crippen molar-refractivity contribution in [3.63, 3.8) is 0 Å². The number of fused-ring (bicyclic) bond motifs is 1. The van der Waals surface area contributed by atoms with Gasteiger partial charge in [0, 0.05) is 23.4 Å². The Kier molecular flexibility index (Phi) is 6.02. The van der Waals surface area contributed by atoms with Gasteiger partial charge in [-0.3, -0.25) is 9.89 Å². The lowest BCUT2D eigenvalue weighted by molar-refractivity contribution is 0.0921. The van der Waals surface area contributed by atoms with Crippen LogP contribution in [0, 0.1) is 0 Å². The van der Waals surface area contributed by atoms with E-state index in [0.717, 1.165) is 48.2 Å². The normalized spacial score (nSPS) is 15.8. The minimum absolute atomic E-state index is 0.0657. The maximum Gasteiger partial charge on any atom is 0.293 e. The van der Waals surface area contributed by atoms with Crippen molar-refractivity contribution < 1.29 is 9.32 Å². The lowest BCUT2D eigenvalue weighted by Crippen LogP contribution is -2.29. The van der Waals surface area contributed by atoms with Crippen LogP contribution in [0.3, 0.4) is 0 Å². The topological polar surface area (TPSA) is 135 Å². The molecule has 180 valence electrons. The summed E-state index contributed by atoms with van der Waals surface area (Å²) in [5, 5.41) is 16.8. The molecule has 1 atom stereocenters. The SMILES string of the molecule is CC(C)(C)c1nc(C(=O)N[C@H]2CCCCc3cc(-c4ccnc(Nc5cn[nH]c5)n4)ccc32)no1. The van der Waals surface area contributed by atoms with Crippen LogP contribution in [0.5, 0.6) is 0 Å². The summed E-state index contributed by atoms with van der Waals surface area (Å²) in [6, 6.07) is 8.06. The number of aryl methyl sites for hydroxylation is 1. The van der Waals surface area contributed by atoms with Crippen LogP contribution in [-0.4, -0.2) is 36.2 Å². The molecule has 0 radical (unpaired) electrons. The number of carbonyl (C=O) groups is 1. The van der Waals surface area contributed by atoms with E-state index >= 15 is 0 Å². The summed E-state index contributed by atoms with van der Waals surface area (Å²) in [7, 11) is 0. The first-order valence-electron chi connectivity index (χ1n) is 11.7. The summed E-state index contributed by atoms with van der Waals surface area (Å²) >= 11 is 0.